The number of H-pyrrole nitrogens is 1. The van der Waals surface area contributed by atoms with Crippen LogP contribution in [-0.2, 0) is 18.3 Å². The van der Waals surface area contributed by atoms with E-state index in [1.807, 2.05) is 25.8 Å². The number of aromatic nitrogens is 3. The fourth-order valence-corrected chi connectivity index (χ4v) is 3.85. The van der Waals surface area contributed by atoms with Crippen LogP contribution >= 0.6 is 24.8 Å². The zero-order valence-electron chi connectivity index (χ0n) is 16.3. The van der Waals surface area contributed by atoms with E-state index in [0.717, 1.165) is 42.8 Å². The van der Waals surface area contributed by atoms with E-state index in [9.17, 15) is 9.59 Å². The molecule has 1 aliphatic heterocycles. The summed E-state index contributed by atoms with van der Waals surface area (Å²) in [6.07, 6.45) is 3.24. The molecule has 1 fully saturated rings. The molecule has 0 aromatic carbocycles. The fraction of sp³-hybridized carbons (Fsp3) is 0.611. The number of hydrogen-bond acceptors (Lipinski definition) is 4. The van der Waals surface area contributed by atoms with Crippen LogP contribution in [0.1, 0.15) is 36.1 Å². The van der Waals surface area contributed by atoms with Crippen LogP contribution in [0.4, 0.5) is 0 Å². The average Bonchev–Trinajstić information content (AvgIpc) is 2.88. The third-order valence-electron chi connectivity index (χ3n) is 5.35. The number of likely N-dealkylation sites (N-methyl/N-ethyl adjacent to an activating group) is 1. The maximum absolute atomic E-state index is 12.6. The van der Waals surface area contributed by atoms with Gasteiger partial charge in [-0.05, 0) is 51.3 Å². The number of rotatable bonds is 4. The van der Waals surface area contributed by atoms with Crippen LogP contribution in [0.2, 0.25) is 0 Å². The maximum Gasteiger partial charge on any atom is 0.273 e. The van der Waals surface area contributed by atoms with Gasteiger partial charge in [0.1, 0.15) is 0 Å². The number of amides is 1. The first-order chi connectivity index (χ1) is 11.9. The van der Waals surface area contributed by atoms with E-state index < -0.39 is 0 Å². The molecule has 152 valence electrons. The van der Waals surface area contributed by atoms with Crippen molar-refractivity contribution in [3.8, 4) is 0 Å². The number of aromatic amines is 1. The molecule has 1 atom stereocenters. The molecule has 0 spiro atoms. The molecular formula is C18H29Cl2N5O2. The lowest BCUT2D eigenvalue weighted by atomic mass is 9.99. The minimum absolute atomic E-state index is 0. The van der Waals surface area contributed by atoms with Crippen LogP contribution in [0, 0.1) is 13.8 Å². The second-order valence-electron chi connectivity index (χ2n) is 6.97. The standard InChI is InChI=1S/C18H27N5O2.2ClH/c1-11-14(12(2)20-17-16(11)18(25)21-22(17)4)7-8-15(24)23-9-5-6-13(10-23)19-3;;/h13,19H,5-10H2,1-4H3,(H,21,25);2*1H. The fourth-order valence-electron chi connectivity index (χ4n) is 3.85. The zero-order chi connectivity index (χ0) is 18.1. The second kappa shape index (κ2) is 9.57. The number of carbonyl (C=O) groups is 1. The summed E-state index contributed by atoms with van der Waals surface area (Å²) in [5, 5.41) is 6.65. The Bertz CT molecular complexity index is 862. The molecule has 1 saturated heterocycles. The van der Waals surface area contributed by atoms with Gasteiger partial charge in [0.25, 0.3) is 5.56 Å². The van der Waals surface area contributed by atoms with Gasteiger partial charge in [-0.15, -0.1) is 24.8 Å². The van der Waals surface area contributed by atoms with Crippen molar-refractivity contribution in [2.45, 2.75) is 45.6 Å². The Morgan fingerprint density at radius 2 is 2.04 bits per heavy atom. The predicted molar refractivity (Wildman–Crippen MR) is 112 cm³/mol. The van der Waals surface area contributed by atoms with Gasteiger partial charge in [-0.3, -0.25) is 19.4 Å². The highest BCUT2D eigenvalue weighted by atomic mass is 35.5. The minimum atomic E-state index is -0.122. The molecule has 0 radical (unpaired) electrons. The number of pyridine rings is 1. The highest BCUT2D eigenvalue weighted by molar-refractivity contribution is 5.85. The average molecular weight is 418 g/mol. The van der Waals surface area contributed by atoms with Crippen molar-refractivity contribution in [3.05, 3.63) is 27.2 Å². The lowest BCUT2D eigenvalue weighted by molar-refractivity contribution is -0.132. The summed E-state index contributed by atoms with van der Waals surface area (Å²) in [6.45, 7) is 5.51. The molecule has 1 aliphatic rings. The summed E-state index contributed by atoms with van der Waals surface area (Å²) in [4.78, 5) is 31.3. The minimum Gasteiger partial charge on any atom is -0.341 e. The number of hydrogen-bond donors (Lipinski definition) is 2. The van der Waals surface area contributed by atoms with Gasteiger partial charge in [0.2, 0.25) is 5.91 Å². The van der Waals surface area contributed by atoms with Crippen LogP contribution in [0.5, 0.6) is 0 Å². The Morgan fingerprint density at radius 1 is 1.33 bits per heavy atom. The largest absolute Gasteiger partial charge is 0.341 e. The first-order valence-corrected chi connectivity index (χ1v) is 8.92. The van der Waals surface area contributed by atoms with Crippen LogP contribution in [-0.4, -0.2) is 51.8 Å². The SMILES string of the molecule is CNC1CCCN(C(=O)CCc2c(C)nc3c(c2C)c(=O)[nH]n3C)C1.Cl.Cl. The molecule has 0 aliphatic carbocycles. The Kier molecular flexibility index (Phi) is 8.32. The number of likely N-dealkylation sites (tertiary alicyclic amines) is 1. The molecule has 2 N–H and O–H groups in total. The summed E-state index contributed by atoms with van der Waals surface area (Å²) >= 11 is 0. The summed E-state index contributed by atoms with van der Waals surface area (Å²) in [6, 6.07) is 0.391. The third-order valence-corrected chi connectivity index (χ3v) is 5.35. The van der Waals surface area contributed by atoms with Gasteiger partial charge in [-0.1, -0.05) is 0 Å². The summed E-state index contributed by atoms with van der Waals surface area (Å²) in [5.74, 6) is 0.181. The quantitative estimate of drug-likeness (QED) is 0.794. The highest BCUT2D eigenvalue weighted by Gasteiger charge is 2.23. The highest BCUT2D eigenvalue weighted by Crippen LogP contribution is 2.21. The molecule has 3 rings (SSSR count). The molecule has 2 aromatic rings. The molecular weight excluding hydrogens is 389 g/mol. The first kappa shape index (κ1) is 23.5. The van der Waals surface area contributed by atoms with E-state index in [2.05, 4.69) is 15.4 Å². The van der Waals surface area contributed by atoms with Crippen molar-refractivity contribution in [1.82, 2.24) is 25.0 Å². The second-order valence-corrected chi connectivity index (χ2v) is 6.97. The number of halogens is 2. The summed E-state index contributed by atoms with van der Waals surface area (Å²) in [5.41, 5.74) is 3.38. The van der Waals surface area contributed by atoms with Crippen LogP contribution < -0.4 is 10.9 Å². The topological polar surface area (TPSA) is 83.0 Å². The molecule has 0 bridgehead atoms. The van der Waals surface area contributed by atoms with Crippen molar-refractivity contribution in [3.63, 3.8) is 0 Å². The number of piperidine rings is 1. The van der Waals surface area contributed by atoms with Gasteiger partial charge >= 0.3 is 0 Å². The molecule has 1 amide bonds. The van der Waals surface area contributed by atoms with Gasteiger partial charge in [-0.25, -0.2) is 4.98 Å². The lowest BCUT2D eigenvalue weighted by Crippen LogP contribution is -2.47. The predicted octanol–water partition coefficient (Wildman–Crippen LogP) is 1.87. The zero-order valence-corrected chi connectivity index (χ0v) is 17.9. The van der Waals surface area contributed by atoms with Crippen molar-refractivity contribution in [1.29, 1.82) is 0 Å². The van der Waals surface area contributed by atoms with Gasteiger partial charge in [0.05, 0.1) is 5.39 Å². The molecule has 2 aromatic heterocycles. The van der Waals surface area contributed by atoms with E-state index in [-0.39, 0.29) is 36.3 Å². The number of aryl methyl sites for hydroxylation is 3. The Morgan fingerprint density at radius 3 is 2.70 bits per heavy atom. The van der Waals surface area contributed by atoms with Crippen LogP contribution in [0.15, 0.2) is 4.79 Å². The third kappa shape index (κ3) is 4.65. The number of nitrogens with one attached hydrogen (secondary N) is 2. The van der Waals surface area contributed by atoms with Crippen molar-refractivity contribution >= 4 is 41.8 Å². The normalized spacial score (nSPS) is 16.7. The van der Waals surface area contributed by atoms with Crippen molar-refractivity contribution < 1.29 is 4.79 Å². The molecule has 1 unspecified atom stereocenters. The Labute approximate surface area is 171 Å². The van der Waals surface area contributed by atoms with Gasteiger partial charge < -0.3 is 10.2 Å². The van der Waals surface area contributed by atoms with E-state index >= 15 is 0 Å². The molecule has 3 heterocycles. The summed E-state index contributed by atoms with van der Waals surface area (Å²) < 4.78 is 1.65. The van der Waals surface area contributed by atoms with E-state index in [4.69, 9.17) is 0 Å². The van der Waals surface area contributed by atoms with Crippen molar-refractivity contribution in [2.24, 2.45) is 7.05 Å². The first-order valence-electron chi connectivity index (χ1n) is 8.92. The maximum atomic E-state index is 12.6. The van der Waals surface area contributed by atoms with E-state index in [1.54, 1.807) is 11.7 Å². The van der Waals surface area contributed by atoms with Gasteiger partial charge in [-0.2, -0.15) is 0 Å². The Hall–Kier alpha value is -1.57. The number of nitrogens with zero attached hydrogens (tertiary/aromatic N) is 3. The molecule has 7 nitrogen and oxygen atoms in total. The Balaban J connectivity index is 0.00000182. The van der Waals surface area contributed by atoms with Crippen molar-refractivity contribution in [2.75, 3.05) is 20.1 Å². The molecule has 9 heteroatoms. The monoisotopic (exact) mass is 417 g/mol. The van der Waals surface area contributed by atoms with E-state index in [1.165, 1.54) is 0 Å². The lowest BCUT2D eigenvalue weighted by Gasteiger charge is -2.32. The van der Waals surface area contributed by atoms with Crippen LogP contribution in [0.25, 0.3) is 11.0 Å². The molecule has 0 saturated carbocycles. The molecule has 27 heavy (non-hydrogen) atoms. The number of carbonyl (C=O) groups excluding carboxylic acids is 1. The van der Waals surface area contributed by atoms with Gasteiger partial charge in [0.15, 0.2) is 5.65 Å². The summed E-state index contributed by atoms with van der Waals surface area (Å²) in [7, 11) is 3.73. The smallest absolute Gasteiger partial charge is 0.273 e. The van der Waals surface area contributed by atoms with Crippen LogP contribution in [0.3, 0.4) is 0 Å². The van der Waals surface area contributed by atoms with Gasteiger partial charge in [0, 0.05) is 38.3 Å². The van der Waals surface area contributed by atoms with E-state index in [0.29, 0.717) is 29.9 Å². The number of fused-ring (bicyclic) bond motifs is 1.